The third kappa shape index (κ3) is 3.72. The van der Waals surface area contributed by atoms with Gasteiger partial charge in [0.05, 0.1) is 12.6 Å². The second-order valence-corrected chi connectivity index (χ2v) is 4.66. The molecule has 2 N–H and O–H groups in total. The lowest BCUT2D eigenvalue weighted by molar-refractivity contribution is -0.123. The molecule has 1 aliphatic heterocycles. The molecule has 17 heavy (non-hydrogen) atoms. The minimum atomic E-state index is -0.518. The number of β-amino-alcohol motifs (C(OH)–C–C–N with tert-alkyl or cyclic N) is 1. The van der Waals surface area contributed by atoms with Crippen molar-refractivity contribution in [1.82, 2.24) is 10.2 Å². The first-order valence-electron chi connectivity index (χ1n) is 6.24. The van der Waals surface area contributed by atoms with Crippen LogP contribution in [0.2, 0.25) is 0 Å². The monoisotopic (exact) mass is 238 g/mol. The van der Waals surface area contributed by atoms with Crippen molar-refractivity contribution in [3.63, 3.8) is 0 Å². The molecule has 1 fully saturated rings. The summed E-state index contributed by atoms with van der Waals surface area (Å²) in [7, 11) is 0. The van der Waals surface area contributed by atoms with Gasteiger partial charge in [-0.05, 0) is 19.3 Å². The van der Waals surface area contributed by atoms with Gasteiger partial charge in [-0.2, -0.15) is 0 Å². The number of carbonyl (C=O) groups excluding carboxylic acids is 1. The molecular formula is C13H22N2O2. The van der Waals surface area contributed by atoms with E-state index in [1.165, 1.54) is 0 Å². The summed E-state index contributed by atoms with van der Waals surface area (Å²) in [6.45, 7) is 5.62. The predicted molar refractivity (Wildman–Crippen MR) is 67.4 cm³/mol. The van der Waals surface area contributed by atoms with Gasteiger partial charge in [0.1, 0.15) is 5.54 Å². The highest BCUT2D eigenvalue weighted by Crippen LogP contribution is 2.14. The van der Waals surface area contributed by atoms with Crippen LogP contribution in [-0.4, -0.2) is 47.2 Å². The first-order valence-corrected chi connectivity index (χ1v) is 6.24. The van der Waals surface area contributed by atoms with Gasteiger partial charge in [-0.3, -0.25) is 9.69 Å². The number of rotatable bonds is 5. The molecule has 1 atom stereocenters. The lowest BCUT2D eigenvalue weighted by Gasteiger charge is -2.28. The second kappa shape index (κ2) is 6.04. The number of hydrogen-bond acceptors (Lipinski definition) is 3. The van der Waals surface area contributed by atoms with Crippen molar-refractivity contribution in [3.05, 3.63) is 0 Å². The summed E-state index contributed by atoms with van der Waals surface area (Å²) in [5.41, 5.74) is -0.518. The molecule has 0 bridgehead atoms. The SMILES string of the molecule is C#CC(CC)(CC)NC(=O)CN1CCC(O)C1. The van der Waals surface area contributed by atoms with Crippen LogP contribution in [0, 0.1) is 12.3 Å². The molecule has 1 unspecified atom stereocenters. The Hall–Kier alpha value is -1.05. The third-order valence-electron chi connectivity index (χ3n) is 3.48. The fourth-order valence-corrected chi connectivity index (χ4v) is 2.13. The highest BCUT2D eigenvalue weighted by Gasteiger charge is 2.27. The fourth-order valence-electron chi connectivity index (χ4n) is 2.13. The number of carbonyl (C=O) groups is 1. The average Bonchev–Trinajstić information content (AvgIpc) is 2.72. The van der Waals surface area contributed by atoms with E-state index < -0.39 is 5.54 Å². The lowest BCUT2D eigenvalue weighted by Crippen LogP contribution is -2.49. The van der Waals surface area contributed by atoms with Gasteiger partial charge in [-0.25, -0.2) is 0 Å². The van der Waals surface area contributed by atoms with Crippen molar-refractivity contribution in [2.75, 3.05) is 19.6 Å². The third-order valence-corrected chi connectivity index (χ3v) is 3.48. The van der Waals surface area contributed by atoms with Crippen LogP contribution < -0.4 is 5.32 Å². The minimum absolute atomic E-state index is 0.0549. The molecule has 96 valence electrons. The number of terminal acetylenes is 1. The molecule has 1 rings (SSSR count). The maximum absolute atomic E-state index is 11.9. The van der Waals surface area contributed by atoms with E-state index in [9.17, 15) is 9.90 Å². The molecule has 4 nitrogen and oxygen atoms in total. The van der Waals surface area contributed by atoms with Gasteiger partial charge in [0.25, 0.3) is 0 Å². The number of aliphatic hydroxyl groups excluding tert-OH is 1. The first-order chi connectivity index (χ1) is 8.05. The number of nitrogens with zero attached hydrogens (tertiary/aromatic N) is 1. The van der Waals surface area contributed by atoms with Gasteiger partial charge in [0.2, 0.25) is 5.91 Å². The first kappa shape index (κ1) is 14.0. The number of likely N-dealkylation sites (tertiary alicyclic amines) is 1. The number of aliphatic hydroxyl groups is 1. The molecule has 1 saturated heterocycles. The molecule has 1 amide bonds. The van der Waals surface area contributed by atoms with Gasteiger partial charge in [0.15, 0.2) is 0 Å². The van der Waals surface area contributed by atoms with Crippen LogP contribution in [0.3, 0.4) is 0 Å². The van der Waals surface area contributed by atoms with Crippen LogP contribution in [-0.2, 0) is 4.79 Å². The molecule has 0 saturated carbocycles. The maximum atomic E-state index is 11.9. The summed E-state index contributed by atoms with van der Waals surface area (Å²) < 4.78 is 0. The maximum Gasteiger partial charge on any atom is 0.235 e. The summed E-state index contributed by atoms with van der Waals surface area (Å²) in [5.74, 6) is 2.62. The summed E-state index contributed by atoms with van der Waals surface area (Å²) >= 11 is 0. The number of hydrogen-bond donors (Lipinski definition) is 2. The lowest BCUT2D eigenvalue weighted by atomic mass is 9.94. The standard InChI is InChI=1S/C13H22N2O2/c1-4-13(5-2,6-3)14-12(17)10-15-8-7-11(16)9-15/h1,11,16H,5-10H2,2-3H3,(H,14,17). The van der Waals surface area contributed by atoms with Crippen LogP contribution in [0.1, 0.15) is 33.1 Å². The quantitative estimate of drug-likeness (QED) is 0.680. The Morgan fingerprint density at radius 3 is 2.65 bits per heavy atom. The van der Waals surface area contributed by atoms with Gasteiger partial charge in [0, 0.05) is 13.1 Å². The molecule has 0 aromatic rings. The topological polar surface area (TPSA) is 52.6 Å². The van der Waals surface area contributed by atoms with E-state index in [1.807, 2.05) is 18.7 Å². The Balaban J connectivity index is 2.46. The van der Waals surface area contributed by atoms with Crippen LogP contribution in [0.25, 0.3) is 0 Å². The van der Waals surface area contributed by atoms with E-state index in [2.05, 4.69) is 11.2 Å². The van der Waals surface area contributed by atoms with Gasteiger partial charge >= 0.3 is 0 Å². The van der Waals surface area contributed by atoms with E-state index in [4.69, 9.17) is 6.42 Å². The minimum Gasteiger partial charge on any atom is -0.392 e. The van der Waals surface area contributed by atoms with Crippen LogP contribution >= 0.6 is 0 Å². The molecular weight excluding hydrogens is 216 g/mol. The highest BCUT2D eigenvalue weighted by atomic mass is 16.3. The van der Waals surface area contributed by atoms with Crippen molar-refractivity contribution in [3.8, 4) is 12.3 Å². The fraction of sp³-hybridized carbons (Fsp3) is 0.769. The molecule has 0 aromatic heterocycles. The molecule has 0 spiro atoms. The molecule has 0 aliphatic carbocycles. The van der Waals surface area contributed by atoms with E-state index >= 15 is 0 Å². The molecule has 1 heterocycles. The Labute approximate surface area is 103 Å². The summed E-state index contributed by atoms with van der Waals surface area (Å²) in [5, 5.41) is 12.3. The Morgan fingerprint density at radius 2 is 2.24 bits per heavy atom. The Kier molecular flexibility index (Phi) is 4.98. The van der Waals surface area contributed by atoms with Gasteiger partial charge in [-0.1, -0.05) is 19.8 Å². The zero-order valence-corrected chi connectivity index (χ0v) is 10.7. The molecule has 4 heteroatoms. The summed E-state index contributed by atoms with van der Waals surface area (Å²) in [4.78, 5) is 13.8. The Bertz CT molecular complexity index is 305. The predicted octanol–water partition coefficient (Wildman–Crippen LogP) is 0.361. The van der Waals surface area contributed by atoms with Crippen molar-refractivity contribution in [2.45, 2.75) is 44.8 Å². The summed E-state index contributed by atoms with van der Waals surface area (Å²) in [6.07, 6.45) is 7.40. The van der Waals surface area contributed by atoms with E-state index in [0.29, 0.717) is 13.1 Å². The molecule has 1 aliphatic rings. The number of nitrogens with one attached hydrogen (secondary N) is 1. The largest absolute Gasteiger partial charge is 0.392 e. The second-order valence-electron chi connectivity index (χ2n) is 4.66. The molecule has 0 aromatic carbocycles. The zero-order valence-electron chi connectivity index (χ0n) is 10.7. The average molecular weight is 238 g/mol. The van der Waals surface area contributed by atoms with Crippen LogP contribution in [0.5, 0.6) is 0 Å². The number of amides is 1. The molecule has 0 radical (unpaired) electrons. The van der Waals surface area contributed by atoms with Crippen LogP contribution in [0.15, 0.2) is 0 Å². The van der Waals surface area contributed by atoms with E-state index in [-0.39, 0.29) is 12.0 Å². The van der Waals surface area contributed by atoms with Gasteiger partial charge < -0.3 is 10.4 Å². The van der Waals surface area contributed by atoms with Gasteiger partial charge in [-0.15, -0.1) is 6.42 Å². The van der Waals surface area contributed by atoms with Crippen molar-refractivity contribution in [1.29, 1.82) is 0 Å². The normalized spacial score (nSPS) is 21.2. The van der Waals surface area contributed by atoms with Crippen LogP contribution in [0.4, 0.5) is 0 Å². The van der Waals surface area contributed by atoms with Crippen molar-refractivity contribution < 1.29 is 9.90 Å². The zero-order chi connectivity index (χ0) is 12.9. The van der Waals surface area contributed by atoms with E-state index in [1.54, 1.807) is 0 Å². The van der Waals surface area contributed by atoms with E-state index in [0.717, 1.165) is 25.8 Å². The summed E-state index contributed by atoms with van der Waals surface area (Å²) in [6, 6.07) is 0. The van der Waals surface area contributed by atoms with Crippen molar-refractivity contribution in [2.24, 2.45) is 0 Å². The Morgan fingerprint density at radius 1 is 1.59 bits per heavy atom. The smallest absolute Gasteiger partial charge is 0.235 e. The van der Waals surface area contributed by atoms with Crippen molar-refractivity contribution >= 4 is 5.91 Å². The highest BCUT2D eigenvalue weighted by molar-refractivity contribution is 5.79.